The summed E-state index contributed by atoms with van der Waals surface area (Å²) in [6.07, 6.45) is 1.40. The lowest BCUT2D eigenvalue weighted by molar-refractivity contribution is -0.161. The van der Waals surface area contributed by atoms with Crippen molar-refractivity contribution in [2.75, 3.05) is 28.4 Å². The molecule has 0 saturated carbocycles. The molecule has 0 spiro atoms. The van der Waals surface area contributed by atoms with Crippen LogP contribution in [0.15, 0.2) is 43.8 Å². The van der Waals surface area contributed by atoms with E-state index in [4.69, 9.17) is 57.8 Å². The number of aromatic nitrogens is 4. The van der Waals surface area contributed by atoms with Gasteiger partial charge in [-0.3, -0.25) is 38.4 Å². The van der Waals surface area contributed by atoms with Crippen LogP contribution in [0.2, 0.25) is 0 Å². The maximum atomic E-state index is 13.3. The van der Waals surface area contributed by atoms with E-state index in [0.29, 0.717) is 17.8 Å². The number of nitrogens with one attached hydrogen (secondary N) is 1. The number of ether oxygens (including phenoxy) is 11. The molecular formula is C111H172N6O27S4. The molecule has 0 aromatic carbocycles. The molecular weight excluding hydrogens is 1980 g/mol. The highest BCUT2D eigenvalue weighted by Gasteiger charge is 2.63. The van der Waals surface area contributed by atoms with E-state index < -0.39 is 190 Å². The van der Waals surface area contributed by atoms with Crippen molar-refractivity contribution in [1.29, 1.82) is 0 Å². The van der Waals surface area contributed by atoms with Gasteiger partial charge in [-0.05, 0) is 198 Å². The normalized spacial score (nSPS) is 38.2. The van der Waals surface area contributed by atoms with Gasteiger partial charge >= 0.3 is 17.9 Å². The van der Waals surface area contributed by atoms with Crippen molar-refractivity contribution < 1.29 is 131 Å². The molecule has 832 valence electrons. The third-order valence-corrected chi connectivity index (χ3v) is 35.9. The zero-order valence-corrected chi connectivity index (χ0v) is 96.0. The molecule has 37 heteroatoms. The molecule has 0 bridgehead atoms. The number of hydrogen-bond donors (Lipinski definition) is 10. The number of carbonyl (C=O) groups is 8. The lowest BCUT2D eigenvalue weighted by Crippen LogP contribution is -2.51. The van der Waals surface area contributed by atoms with Crippen LogP contribution in [-0.2, 0) is 97.0 Å². The third kappa shape index (κ3) is 31.4. The van der Waals surface area contributed by atoms with Crippen molar-refractivity contribution in [2.24, 2.45) is 75.2 Å². The van der Waals surface area contributed by atoms with Crippen LogP contribution < -0.4 is 11.1 Å². The van der Waals surface area contributed by atoms with Crippen LogP contribution in [0.5, 0.6) is 0 Å². The fourth-order valence-corrected chi connectivity index (χ4v) is 23.9. The van der Waals surface area contributed by atoms with Gasteiger partial charge in [0, 0.05) is 86.1 Å². The van der Waals surface area contributed by atoms with Crippen LogP contribution in [-0.4, -0.2) is 281 Å². The number of nitrogens with zero attached hydrogens (tertiary/aromatic N) is 4. The number of cyclic esters (lactones) is 3. The van der Waals surface area contributed by atoms with E-state index in [1.54, 1.807) is 116 Å². The number of carbonyl (C=O) groups excluding carboxylic acids is 8. The average molecular weight is 2150 g/mol. The summed E-state index contributed by atoms with van der Waals surface area (Å²) < 4.78 is 65.8. The highest BCUT2D eigenvalue weighted by molar-refractivity contribution is 7.10. The molecule has 0 aliphatic carbocycles. The smallest absolute Gasteiger partial charge is 0.309 e. The zero-order chi connectivity index (χ0) is 111. The summed E-state index contributed by atoms with van der Waals surface area (Å²) in [4.78, 5) is 123. The summed E-state index contributed by atoms with van der Waals surface area (Å²) in [5, 5.41) is 101. The summed E-state index contributed by atoms with van der Waals surface area (Å²) >= 11 is 6.07. The Bertz CT molecular complexity index is 5100. The van der Waals surface area contributed by atoms with E-state index in [1.165, 1.54) is 34.0 Å². The standard InChI is InChI=1S/C28H44N2O7S.C28H44N2O6S.C28H43NO7S.C27H41NO7S/c1-15-9-8-10-28(6)26(37-28)24(35-7)23(16(2)11-18-14-38-20(13-29)30-18)36-21(32)12-19(31)27(4,5)25(34)17(3)22(15)33;1-15-10-9-11-28(7)26(36-28)24(35-8)22(16(2)12-19-14-37-18(4)29-19)30-21(32)13-20(31)27(5,6)25(34)17(3)23(15)33;1-15-10-9-11-28(7)26(36-28)24(34-8)23(16(2)12-19-14-37-18(4)29-19)35-21(31)13-20(30)27(5,6)25(33)17(3)22(15)32;1-14-9-8-10-27(6)26(35-27)25(33-7)24(15(2)11-19-13-36-18(5)28-19)34-21(30)12-20(29)16(3)23(32)17(4)22(14)31/h11,14-15,17,19,22-24,26,31,33H,8-10,12-13,29H2,1-7H3;12,14-15,17,20,22-24,26,31,33H,9-11,13H2,1-8H3,(H,30,32);12,14-15,17,20,22-24,26,30,32H,9-11,13H2,1-8H3;11,13-14,16-17,20,22,24-26,29,31H,8-10,12H2,1-7H3/b16-11+;2*16-12+;15-11+/t15-,17+,19-,22-,23+,24?,26-,28+;15-,17+,20-,22+,23-,24?,26-,28+;15-,17+,20-,22-,23+,24?,26-,28+;14-,16?,17+,20-,22-,24+,25?,26-,27+/m0000/s1. The van der Waals surface area contributed by atoms with Crippen LogP contribution in [0.1, 0.15) is 305 Å². The minimum Gasteiger partial charge on any atom is -0.455 e. The number of amides is 1. The monoisotopic (exact) mass is 2150 g/mol. The molecule has 4 aromatic rings. The molecule has 8 fully saturated rings. The molecule has 4 aromatic heterocycles. The van der Waals surface area contributed by atoms with E-state index >= 15 is 0 Å². The number of fused-ring (bicyclic) bond motifs is 4. The number of rotatable bonds is 13. The highest BCUT2D eigenvalue weighted by atomic mass is 32.1. The Hall–Kier alpha value is -6.64. The fraction of sp³-hybridized carbons (Fsp3) is 0.748. The molecule has 8 saturated heterocycles. The molecule has 148 heavy (non-hydrogen) atoms. The Morgan fingerprint density at radius 2 is 0.655 bits per heavy atom. The predicted molar refractivity (Wildman–Crippen MR) is 569 cm³/mol. The predicted octanol–water partition coefficient (Wildman–Crippen LogP) is 14.7. The number of aryl methyl sites for hydroxylation is 3. The van der Waals surface area contributed by atoms with Crippen molar-refractivity contribution in [3.8, 4) is 0 Å². The molecule has 5 unspecified atom stereocenters. The second-order valence-corrected chi connectivity index (χ2v) is 49.9. The van der Waals surface area contributed by atoms with Crippen LogP contribution in [0, 0.1) is 90.3 Å². The minimum absolute atomic E-state index is 0.0929. The van der Waals surface area contributed by atoms with Gasteiger partial charge in [0.2, 0.25) is 5.91 Å². The first-order chi connectivity index (χ1) is 69.0. The van der Waals surface area contributed by atoms with Gasteiger partial charge in [0.05, 0.1) is 157 Å². The van der Waals surface area contributed by atoms with Crippen molar-refractivity contribution in [3.05, 3.63) is 86.6 Å². The molecule has 12 rings (SSSR count). The number of methoxy groups -OCH3 is 4. The SMILES string of the molecule is COC1[C@@H](/C(C)=C/c2csc(C)n2)NC(=O)C[C@H](O)C(C)(C)C(=O)[C@H](C)[C@@H](O)[C@@H](C)CCC[C@@]2(C)O[C@@H]12.COC1[C@@H](/C(C)=C/c2csc(C)n2)OC(=O)C[C@H](O)C(C)(C)C(=O)[C@H](C)[C@@H](O)[C@@H](C)CCC[C@@]2(C)O[C@@H]12.COC1[C@@H](/C(C)=C/c2csc(C)n2)OC(=O)C[C@H](O)C(C)C(=O)[C@H](C)[C@@H](O)[C@@H](C)CCC[C@@]2(C)O[C@@H]12.COC1[C@@H](/C(C)=C/c2csc(CN)n2)OC(=O)C[C@H](O)C(C)(C)C(=O)[C@H](C)[C@@H](O)[C@@H](C)CCC[C@@]2(C)O[C@@H]12. The Kier molecular flexibility index (Phi) is 44.5. The Morgan fingerprint density at radius 3 is 0.939 bits per heavy atom. The highest BCUT2D eigenvalue weighted by Crippen LogP contribution is 2.52. The van der Waals surface area contributed by atoms with Gasteiger partial charge in [0.15, 0.2) is 18.3 Å². The third-order valence-electron chi connectivity index (χ3n) is 32.7. The van der Waals surface area contributed by atoms with Crippen molar-refractivity contribution >= 4 is 117 Å². The fourth-order valence-electron chi connectivity index (χ4n) is 21.6. The number of esters is 3. The van der Waals surface area contributed by atoms with Crippen LogP contribution >= 0.6 is 45.3 Å². The summed E-state index contributed by atoms with van der Waals surface area (Å²) in [7, 11) is 6.32. The molecule has 33 nitrogen and oxygen atoms in total. The first-order valence-electron chi connectivity index (χ1n) is 52.5. The van der Waals surface area contributed by atoms with Crippen molar-refractivity contribution in [1.82, 2.24) is 25.3 Å². The molecule has 0 radical (unpaired) electrons. The maximum absolute atomic E-state index is 13.3. The molecule has 33 atom stereocenters. The molecule has 8 aliphatic rings. The van der Waals surface area contributed by atoms with Gasteiger partial charge < -0.3 is 104 Å². The van der Waals surface area contributed by atoms with E-state index in [1.807, 2.05) is 150 Å². The van der Waals surface area contributed by atoms with Gasteiger partial charge in [0.1, 0.15) is 77.0 Å². The second kappa shape index (κ2) is 52.7. The van der Waals surface area contributed by atoms with Crippen molar-refractivity contribution in [3.63, 3.8) is 0 Å². The van der Waals surface area contributed by atoms with Crippen LogP contribution in [0.3, 0.4) is 0 Å². The number of thiazole rings is 4. The Morgan fingerprint density at radius 1 is 0.385 bits per heavy atom. The summed E-state index contributed by atoms with van der Waals surface area (Å²) in [5.74, 6) is -7.31. The van der Waals surface area contributed by atoms with Gasteiger partial charge in [-0.15, -0.1) is 45.3 Å². The van der Waals surface area contributed by atoms with E-state index in [-0.39, 0.29) is 96.9 Å². The number of aliphatic hydroxyl groups excluding tert-OH is 8. The zero-order valence-electron chi connectivity index (χ0n) is 92.7. The Balaban J connectivity index is 0.000000219. The number of hydrogen-bond acceptors (Lipinski definition) is 36. The summed E-state index contributed by atoms with van der Waals surface area (Å²) in [6, 6.07) is -0.509. The average Bonchev–Trinajstić information content (AvgIpc) is 1.60. The molecule has 1 amide bonds. The summed E-state index contributed by atoms with van der Waals surface area (Å²) in [6.45, 7) is 47.6. The summed E-state index contributed by atoms with van der Waals surface area (Å²) in [5.41, 5.74) is 6.37. The largest absolute Gasteiger partial charge is 0.455 e. The number of nitrogens with two attached hydrogens (primary N) is 1. The lowest BCUT2D eigenvalue weighted by atomic mass is 9.72. The first kappa shape index (κ1) is 125. The quantitative estimate of drug-likeness (QED) is 0.0338. The maximum Gasteiger partial charge on any atom is 0.309 e. The van der Waals surface area contributed by atoms with Crippen molar-refractivity contribution in [2.45, 2.75) is 434 Å². The number of Topliss-reactive ketones (excluding diaryl/α,β-unsaturated/α-hetero) is 4. The Labute approximate surface area is 891 Å². The second-order valence-electron chi connectivity index (χ2n) is 45.8. The van der Waals surface area contributed by atoms with Crippen LogP contribution in [0.4, 0.5) is 0 Å². The first-order valence-corrected chi connectivity index (χ1v) is 56.0. The molecule has 11 N–H and O–H groups in total. The lowest BCUT2D eigenvalue weighted by Gasteiger charge is -2.35. The van der Waals surface area contributed by atoms with E-state index in [0.717, 1.165) is 131 Å². The van der Waals surface area contributed by atoms with Gasteiger partial charge in [-0.2, -0.15) is 0 Å². The van der Waals surface area contributed by atoms with Crippen LogP contribution in [0.25, 0.3) is 24.3 Å². The number of aliphatic hydroxyl groups is 8. The number of ketones is 4. The molecule has 12 heterocycles. The number of epoxide rings is 4. The topological polar surface area (TPSA) is 503 Å². The van der Waals surface area contributed by atoms with E-state index in [2.05, 4.69) is 25.3 Å². The van der Waals surface area contributed by atoms with Gasteiger partial charge in [-0.25, -0.2) is 19.9 Å². The minimum atomic E-state index is -1.29. The molecule has 8 aliphatic heterocycles. The van der Waals surface area contributed by atoms with Gasteiger partial charge in [0.25, 0.3) is 0 Å². The van der Waals surface area contributed by atoms with E-state index in [9.17, 15) is 79.2 Å². The van der Waals surface area contributed by atoms with Gasteiger partial charge in [-0.1, -0.05) is 130 Å².